The summed E-state index contributed by atoms with van der Waals surface area (Å²) in [7, 11) is 0. The van der Waals surface area contributed by atoms with Gasteiger partial charge in [0, 0.05) is 28.9 Å². The van der Waals surface area contributed by atoms with Crippen LogP contribution in [0.4, 0.5) is 0 Å². The Labute approximate surface area is 82.8 Å². The summed E-state index contributed by atoms with van der Waals surface area (Å²) >= 11 is 1.77. The second-order valence-corrected chi connectivity index (χ2v) is 4.41. The van der Waals surface area contributed by atoms with E-state index in [0.717, 1.165) is 12.8 Å². The Bertz CT molecular complexity index is 241. The molecule has 0 aliphatic heterocycles. The van der Waals surface area contributed by atoms with Crippen molar-refractivity contribution in [3.8, 4) is 0 Å². The van der Waals surface area contributed by atoms with E-state index in [2.05, 4.69) is 19.1 Å². The third-order valence-corrected chi connectivity index (χ3v) is 3.32. The zero-order valence-corrected chi connectivity index (χ0v) is 8.68. The highest BCUT2D eigenvalue weighted by Gasteiger charge is 2.08. The molecule has 0 aliphatic rings. The topological polar surface area (TPSA) is 40.5 Å². The highest BCUT2D eigenvalue weighted by Crippen LogP contribution is 2.19. The quantitative estimate of drug-likeness (QED) is 0.755. The second-order valence-electron chi connectivity index (χ2n) is 3.16. The average Bonchev–Trinajstić information content (AvgIpc) is 2.61. The van der Waals surface area contributed by atoms with E-state index in [1.165, 1.54) is 9.75 Å². The smallest absolute Gasteiger partial charge is 0.0484 e. The molecule has 0 bridgehead atoms. The van der Waals surface area contributed by atoms with Crippen LogP contribution < -0.4 is 0 Å². The SMILES string of the molecule is CCc1ccc(CC(CO)CO)s1. The van der Waals surface area contributed by atoms with E-state index < -0.39 is 0 Å². The van der Waals surface area contributed by atoms with Crippen LogP contribution in [0, 0.1) is 5.92 Å². The Morgan fingerprint density at radius 2 is 1.85 bits per heavy atom. The maximum atomic E-state index is 8.90. The first-order valence-electron chi connectivity index (χ1n) is 4.59. The van der Waals surface area contributed by atoms with Gasteiger partial charge in [0.15, 0.2) is 0 Å². The Kier molecular flexibility index (Phi) is 4.42. The van der Waals surface area contributed by atoms with Gasteiger partial charge in [0.1, 0.15) is 0 Å². The molecule has 13 heavy (non-hydrogen) atoms. The summed E-state index contributed by atoms with van der Waals surface area (Å²) in [5, 5.41) is 17.8. The van der Waals surface area contributed by atoms with Crippen LogP contribution in [0.2, 0.25) is 0 Å². The van der Waals surface area contributed by atoms with Crippen LogP contribution in [-0.4, -0.2) is 23.4 Å². The zero-order valence-electron chi connectivity index (χ0n) is 7.86. The highest BCUT2D eigenvalue weighted by molar-refractivity contribution is 7.11. The van der Waals surface area contributed by atoms with Crippen LogP contribution in [-0.2, 0) is 12.8 Å². The molecule has 1 aromatic rings. The van der Waals surface area contributed by atoms with Crippen molar-refractivity contribution in [3.63, 3.8) is 0 Å². The summed E-state index contributed by atoms with van der Waals surface area (Å²) in [6, 6.07) is 4.20. The first-order valence-corrected chi connectivity index (χ1v) is 5.41. The fourth-order valence-corrected chi connectivity index (χ4v) is 2.27. The second kappa shape index (κ2) is 5.37. The van der Waals surface area contributed by atoms with E-state index in [4.69, 9.17) is 10.2 Å². The molecular formula is C10H16O2S. The van der Waals surface area contributed by atoms with Crippen molar-refractivity contribution < 1.29 is 10.2 Å². The van der Waals surface area contributed by atoms with Gasteiger partial charge < -0.3 is 10.2 Å². The van der Waals surface area contributed by atoms with Gasteiger partial charge in [-0.15, -0.1) is 11.3 Å². The number of thiophene rings is 1. The summed E-state index contributed by atoms with van der Waals surface area (Å²) in [6.07, 6.45) is 1.85. The molecule has 0 aliphatic carbocycles. The number of aliphatic hydroxyl groups excluding tert-OH is 2. The van der Waals surface area contributed by atoms with E-state index in [-0.39, 0.29) is 19.1 Å². The highest BCUT2D eigenvalue weighted by atomic mass is 32.1. The van der Waals surface area contributed by atoms with Crippen molar-refractivity contribution in [1.82, 2.24) is 0 Å². The lowest BCUT2D eigenvalue weighted by atomic mass is 10.1. The minimum atomic E-state index is 0.00311. The standard InChI is InChI=1S/C10H16O2S/c1-2-9-3-4-10(13-9)5-8(6-11)7-12/h3-4,8,11-12H,2,5-7H2,1H3. The fourth-order valence-electron chi connectivity index (χ4n) is 1.19. The van der Waals surface area contributed by atoms with Crippen LogP contribution in [0.25, 0.3) is 0 Å². The summed E-state index contributed by atoms with van der Waals surface area (Å²) in [6.45, 7) is 2.26. The van der Waals surface area contributed by atoms with Gasteiger partial charge in [-0.3, -0.25) is 0 Å². The Hall–Kier alpha value is -0.380. The van der Waals surface area contributed by atoms with Gasteiger partial charge in [-0.1, -0.05) is 6.92 Å². The Balaban J connectivity index is 2.52. The van der Waals surface area contributed by atoms with Crippen molar-refractivity contribution in [3.05, 3.63) is 21.9 Å². The molecule has 2 N–H and O–H groups in total. The lowest BCUT2D eigenvalue weighted by molar-refractivity contribution is 0.150. The number of hydrogen-bond donors (Lipinski definition) is 2. The van der Waals surface area contributed by atoms with Gasteiger partial charge in [-0.25, -0.2) is 0 Å². The van der Waals surface area contributed by atoms with Crippen LogP contribution in [0.5, 0.6) is 0 Å². The van der Waals surface area contributed by atoms with Crippen molar-refractivity contribution in [2.24, 2.45) is 5.92 Å². The largest absolute Gasteiger partial charge is 0.396 e. The van der Waals surface area contributed by atoms with Gasteiger partial charge in [-0.05, 0) is 25.0 Å². The molecule has 0 unspecified atom stereocenters. The molecule has 0 aromatic carbocycles. The molecule has 0 radical (unpaired) electrons. The zero-order chi connectivity index (χ0) is 9.68. The van der Waals surface area contributed by atoms with Crippen LogP contribution in [0.15, 0.2) is 12.1 Å². The molecule has 0 atom stereocenters. The molecule has 1 aromatic heterocycles. The lowest BCUT2D eigenvalue weighted by Crippen LogP contribution is -2.13. The van der Waals surface area contributed by atoms with Crippen molar-refractivity contribution in [1.29, 1.82) is 0 Å². The average molecular weight is 200 g/mol. The minimum Gasteiger partial charge on any atom is -0.396 e. The summed E-state index contributed by atoms with van der Waals surface area (Å²) < 4.78 is 0. The summed E-state index contributed by atoms with van der Waals surface area (Å²) in [4.78, 5) is 2.62. The normalized spacial score (nSPS) is 11.1. The van der Waals surface area contributed by atoms with Crippen LogP contribution in [0.3, 0.4) is 0 Å². The predicted molar refractivity (Wildman–Crippen MR) is 55.1 cm³/mol. The molecule has 3 heteroatoms. The molecule has 0 amide bonds. The van der Waals surface area contributed by atoms with Gasteiger partial charge in [0.25, 0.3) is 0 Å². The Morgan fingerprint density at radius 3 is 2.31 bits per heavy atom. The molecule has 1 heterocycles. The molecule has 74 valence electrons. The van der Waals surface area contributed by atoms with E-state index in [0.29, 0.717) is 0 Å². The molecule has 2 nitrogen and oxygen atoms in total. The van der Waals surface area contributed by atoms with Gasteiger partial charge in [-0.2, -0.15) is 0 Å². The van der Waals surface area contributed by atoms with Crippen molar-refractivity contribution in [2.45, 2.75) is 19.8 Å². The Morgan fingerprint density at radius 1 is 1.23 bits per heavy atom. The summed E-state index contributed by atoms with van der Waals surface area (Å²) in [5.41, 5.74) is 0. The maximum Gasteiger partial charge on any atom is 0.0484 e. The first kappa shape index (κ1) is 10.7. The molecule has 0 saturated heterocycles. The van der Waals surface area contributed by atoms with E-state index >= 15 is 0 Å². The molecule has 1 rings (SSSR count). The lowest BCUT2D eigenvalue weighted by Gasteiger charge is -2.07. The van der Waals surface area contributed by atoms with Crippen molar-refractivity contribution in [2.75, 3.05) is 13.2 Å². The van der Waals surface area contributed by atoms with Gasteiger partial charge in [0.2, 0.25) is 0 Å². The third kappa shape index (κ3) is 3.10. The third-order valence-electron chi connectivity index (χ3n) is 2.07. The molecule has 0 spiro atoms. The first-order chi connectivity index (χ1) is 6.30. The van der Waals surface area contributed by atoms with Crippen molar-refractivity contribution >= 4 is 11.3 Å². The number of rotatable bonds is 5. The monoisotopic (exact) mass is 200 g/mol. The number of hydrogen-bond acceptors (Lipinski definition) is 3. The van der Waals surface area contributed by atoms with Crippen LogP contribution in [0.1, 0.15) is 16.7 Å². The summed E-state index contributed by atoms with van der Waals surface area (Å²) in [5.74, 6) is 0.00311. The van der Waals surface area contributed by atoms with Gasteiger partial charge >= 0.3 is 0 Å². The molecule has 0 fully saturated rings. The maximum absolute atomic E-state index is 8.90. The predicted octanol–water partition coefficient (Wildman–Crippen LogP) is 1.45. The molecular weight excluding hydrogens is 184 g/mol. The van der Waals surface area contributed by atoms with E-state index in [1.807, 2.05) is 0 Å². The number of aliphatic hydroxyl groups is 2. The van der Waals surface area contributed by atoms with E-state index in [1.54, 1.807) is 11.3 Å². The van der Waals surface area contributed by atoms with Gasteiger partial charge in [0.05, 0.1) is 0 Å². The number of aryl methyl sites for hydroxylation is 1. The minimum absolute atomic E-state index is 0.00311. The molecule has 0 saturated carbocycles. The van der Waals surface area contributed by atoms with Crippen LogP contribution >= 0.6 is 11.3 Å². The van der Waals surface area contributed by atoms with E-state index in [9.17, 15) is 0 Å². The fraction of sp³-hybridized carbons (Fsp3) is 0.600.